The number of nitrogens with zero attached hydrogens (tertiary/aromatic N) is 1. The van der Waals surface area contributed by atoms with Gasteiger partial charge in [0.15, 0.2) is 0 Å². The molecule has 0 N–H and O–H groups in total. The number of halogens is 1. The SMILES string of the molecule is CC(C)OC(=O)c1ccc(Cl)c(N2CCCC2)c1. The second kappa shape index (κ2) is 5.61. The fourth-order valence-corrected chi connectivity index (χ4v) is 2.36. The highest BCUT2D eigenvalue weighted by atomic mass is 35.5. The number of anilines is 1. The molecule has 4 heteroatoms. The Balaban J connectivity index is 2.22. The van der Waals surface area contributed by atoms with Gasteiger partial charge in [0.05, 0.1) is 22.4 Å². The Hall–Kier alpha value is -1.22. The van der Waals surface area contributed by atoms with Crippen LogP contribution in [0.1, 0.15) is 37.0 Å². The largest absolute Gasteiger partial charge is 0.459 e. The molecule has 0 aromatic heterocycles. The monoisotopic (exact) mass is 267 g/mol. The molecule has 0 aliphatic carbocycles. The summed E-state index contributed by atoms with van der Waals surface area (Å²) in [5.74, 6) is -0.290. The second-order valence-electron chi connectivity index (χ2n) is 4.81. The van der Waals surface area contributed by atoms with E-state index >= 15 is 0 Å². The Labute approximate surface area is 113 Å². The molecule has 98 valence electrons. The lowest BCUT2D eigenvalue weighted by Crippen LogP contribution is -2.19. The Bertz CT molecular complexity index is 439. The fourth-order valence-electron chi connectivity index (χ4n) is 2.12. The maximum absolute atomic E-state index is 11.8. The summed E-state index contributed by atoms with van der Waals surface area (Å²) in [7, 11) is 0. The zero-order valence-electron chi connectivity index (χ0n) is 10.8. The summed E-state index contributed by atoms with van der Waals surface area (Å²) in [6.45, 7) is 5.69. The Kier molecular flexibility index (Phi) is 4.12. The molecule has 0 spiro atoms. The van der Waals surface area contributed by atoms with Crippen LogP contribution in [-0.4, -0.2) is 25.2 Å². The van der Waals surface area contributed by atoms with Crippen LogP contribution in [0, 0.1) is 0 Å². The van der Waals surface area contributed by atoms with Crippen LogP contribution in [0.4, 0.5) is 5.69 Å². The lowest BCUT2D eigenvalue weighted by molar-refractivity contribution is 0.0378. The van der Waals surface area contributed by atoms with E-state index in [1.807, 2.05) is 19.9 Å². The average molecular weight is 268 g/mol. The van der Waals surface area contributed by atoms with E-state index in [2.05, 4.69) is 4.90 Å². The number of rotatable bonds is 3. The maximum Gasteiger partial charge on any atom is 0.338 e. The van der Waals surface area contributed by atoms with Gasteiger partial charge < -0.3 is 9.64 Å². The number of ether oxygens (including phenoxy) is 1. The highest BCUT2D eigenvalue weighted by Gasteiger charge is 2.18. The van der Waals surface area contributed by atoms with Crippen LogP contribution in [0.3, 0.4) is 0 Å². The van der Waals surface area contributed by atoms with Gasteiger partial charge in [0.1, 0.15) is 0 Å². The lowest BCUT2D eigenvalue weighted by atomic mass is 10.2. The summed E-state index contributed by atoms with van der Waals surface area (Å²) in [6, 6.07) is 5.32. The Morgan fingerprint density at radius 3 is 2.61 bits per heavy atom. The third kappa shape index (κ3) is 2.96. The van der Waals surface area contributed by atoms with E-state index in [1.54, 1.807) is 12.1 Å². The first-order valence-electron chi connectivity index (χ1n) is 6.33. The highest BCUT2D eigenvalue weighted by Crippen LogP contribution is 2.30. The Morgan fingerprint density at radius 1 is 1.33 bits per heavy atom. The summed E-state index contributed by atoms with van der Waals surface area (Å²) in [6.07, 6.45) is 2.25. The van der Waals surface area contributed by atoms with E-state index in [0.29, 0.717) is 10.6 Å². The van der Waals surface area contributed by atoms with Gasteiger partial charge in [-0.2, -0.15) is 0 Å². The standard InChI is InChI=1S/C14H18ClNO2/c1-10(2)18-14(17)11-5-6-12(15)13(9-11)16-7-3-4-8-16/h5-6,9-10H,3-4,7-8H2,1-2H3. The lowest BCUT2D eigenvalue weighted by Gasteiger charge is -2.20. The van der Waals surface area contributed by atoms with Crippen LogP contribution < -0.4 is 4.90 Å². The molecule has 0 unspecified atom stereocenters. The van der Waals surface area contributed by atoms with Crippen molar-refractivity contribution in [2.24, 2.45) is 0 Å². The molecule has 1 fully saturated rings. The van der Waals surface area contributed by atoms with Crippen molar-refractivity contribution in [3.8, 4) is 0 Å². The van der Waals surface area contributed by atoms with E-state index in [9.17, 15) is 4.79 Å². The van der Waals surface area contributed by atoms with Crippen molar-refractivity contribution < 1.29 is 9.53 Å². The molecule has 1 aliphatic heterocycles. The molecular weight excluding hydrogens is 250 g/mol. The van der Waals surface area contributed by atoms with Gasteiger partial charge in [-0.15, -0.1) is 0 Å². The molecule has 1 aromatic carbocycles. The molecule has 1 aliphatic rings. The summed E-state index contributed by atoms with van der Waals surface area (Å²) >= 11 is 6.19. The van der Waals surface area contributed by atoms with Gasteiger partial charge in [-0.05, 0) is 44.9 Å². The van der Waals surface area contributed by atoms with Crippen molar-refractivity contribution in [1.82, 2.24) is 0 Å². The summed E-state index contributed by atoms with van der Waals surface area (Å²) in [5.41, 5.74) is 1.50. The molecule has 0 atom stereocenters. The number of carbonyl (C=O) groups excluding carboxylic acids is 1. The molecule has 2 rings (SSSR count). The predicted octanol–water partition coefficient (Wildman–Crippen LogP) is 3.51. The van der Waals surface area contributed by atoms with Crippen molar-refractivity contribution >= 4 is 23.3 Å². The van der Waals surface area contributed by atoms with E-state index in [0.717, 1.165) is 18.8 Å². The number of hydrogen-bond acceptors (Lipinski definition) is 3. The summed E-state index contributed by atoms with van der Waals surface area (Å²) in [4.78, 5) is 14.1. The molecule has 1 aromatic rings. The van der Waals surface area contributed by atoms with Crippen molar-refractivity contribution in [3.05, 3.63) is 28.8 Å². The molecule has 1 saturated heterocycles. The minimum atomic E-state index is -0.290. The van der Waals surface area contributed by atoms with Gasteiger partial charge in [0, 0.05) is 13.1 Å². The summed E-state index contributed by atoms with van der Waals surface area (Å²) in [5, 5.41) is 0.693. The molecule has 0 bridgehead atoms. The minimum Gasteiger partial charge on any atom is -0.459 e. The number of benzene rings is 1. The van der Waals surface area contributed by atoms with Crippen molar-refractivity contribution in [3.63, 3.8) is 0 Å². The molecule has 0 radical (unpaired) electrons. The van der Waals surface area contributed by atoms with Crippen LogP contribution in [0.15, 0.2) is 18.2 Å². The Morgan fingerprint density at radius 2 is 2.00 bits per heavy atom. The zero-order chi connectivity index (χ0) is 13.1. The van der Waals surface area contributed by atoms with Gasteiger partial charge in [0.2, 0.25) is 0 Å². The third-order valence-electron chi connectivity index (χ3n) is 2.97. The fraction of sp³-hybridized carbons (Fsp3) is 0.500. The number of carbonyl (C=O) groups is 1. The first-order valence-corrected chi connectivity index (χ1v) is 6.71. The van der Waals surface area contributed by atoms with Gasteiger partial charge in [-0.3, -0.25) is 0 Å². The quantitative estimate of drug-likeness (QED) is 0.785. The normalized spacial score (nSPS) is 15.2. The van der Waals surface area contributed by atoms with Crippen LogP contribution in [0.2, 0.25) is 5.02 Å². The minimum absolute atomic E-state index is 0.108. The topological polar surface area (TPSA) is 29.5 Å². The van der Waals surface area contributed by atoms with Crippen molar-refractivity contribution in [2.75, 3.05) is 18.0 Å². The second-order valence-corrected chi connectivity index (χ2v) is 5.22. The van der Waals surface area contributed by atoms with Crippen molar-refractivity contribution in [1.29, 1.82) is 0 Å². The van der Waals surface area contributed by atoms with Crippen LogP contribution in [0.25, 0.3) is 0 Å². The van der Waals surface area contributed by atoms with Gasteiger partial charge in [-0.25, -0.2) is 4.79 Å². The smallest absolute Gasteiger partial charge is 0.338 e. The predicted molar refractivity (Wildman–Crippen MR) is 73.5 cm³/mol. The highest BCUT2D eigenvalue weighted by molar-refractivity contribution is 6.33. The third-order valence-corrected chi connectivity index (χ3v) is 3.29. The van der Waals surface area contributed by atoms with E-state index in [4.69, 9.17) is 16.3 Å². The molecular formula is C14H18ClNO2. The van der Waals surface area contributed by atoms with Crippen LogP contribution in [-0.2, 0) is 4.74 Å². The summed E-state index contributed by atoms with van der Waals surface area (Å²) < 4.78 is 5.19. The zero-order valence-corrected chi connectivity index (χ0v) is 11.5. The molecule has 3 nitrogen and oxygen atoms in total. The van der Waals surface area contributed by atoms with Gasteiger partial charge >= 0.3 is 5.97 Å². The van der Waals surface area contributed by atoms with E-state index < -0.39 is 0 Å². The number of hydrogen-bond donors (Lipinski definition) is 0. The first-order chi connectivity index (χ1) is 8.58. The van der Waals surface area contributed by atoms with E-state index in [-0.39, 0.29) is 12.1 Å². The molecule has 0 saturated carbocycles. The van der Waals surface area contributed by atoms with E-state index in [1.165, 1.54) is 12.8 Å². The van der Waals surface area contributed by atoms with Crippen LogP contribution >= 0.6 is 11.6 Å². The van der Waals surface area contributed by atoms with Gasteiger partial charge in [0.25, 0.3) is 0 Å². The maximum atomic E-state index is 11.8. The molecule has 1 heterocycles. The molecule has 0 amide bonds. The molecule has 18 heavy (non-hydrogen) atoms. The van der Waals surface area contributed by atoms with Crippen LogP contribution in [0.5, 0.6) is 0 Å². The average Bonchev–Trinajstić information content (AvgIpc) is 2.82. The van der Waals surface area contributed by atoms with Crippen molar-refractivity contribution in [2.45, 2.75) is 32.8 Å². The van der Waals surface area contributed by atoms with Gasteiger partial charge in [-0.1, -0.05) is 11.6 Å². The first kappa shape index (κ1) is 13.2. The number of esters is 1.